The molecule has 2 aromatic carbocycles. The second-order valence-electron chi connectivity index (χ2n) is 6.29. The number of nitrogens with one attached hydrogen (secondary N) is 2. The van der Waals surface area contributed by atoms with E-state index in [0.717, 1.165) is 17.7 Å². The average molecular weight is 361 g/mol. The molecule has 0 unspecified atom stereocenters. The van der Waals surface area contributed by atoms with Gasteiger partial charge in [0.25, 0.3) is 5.91 Å². The molecular weight excluding hydrogens is 336 g/mol. The number of hydrogen-bond donors (Lipinski definition) is 2. The third-order valence-electron chi connectivity index (χ3n) is 3.62. The summed E-state index contributed by atoms with van der Waals surface area (Å²) in [7, 11) is 0. The topological polar surface area (TPSA) is 50.4 Å². The van der Waals surface area contributed by atoms with Crippen LogP contribution in [0.4, 0.5) is 0 Å². The number of rotatable bonds is 9. The third-order valence-corrected chi connectivity index (χ3v) is 3.98. The summed E-state index contributed by atoms with van der Waals surface area (Å²) in [6.07, 6.45) is 0. The lowest BCUT2D eigenvalue weighted by Crippen LogP contribution is -2.28. The molecule has 2 aromatic rings. The highest BCUT2D eigenvalue weighted by Gasteiger charge is 2.10. The molecule has 0 heterocycles. The molecule has 0 aliphatic heterocycles. The summed E-state index contributed by atoms with van der Waals surface area (Å²) >= 11 is 6.28. The summed E-state index contributed by atoms with van der Waals surface area (Å²) in [4.78, 5) is 12.0. The number of hydrogen-bond acceptors (Lipinski definition) is 3. The van der Waals surface area contributed by atoms with Crippen LogP contribution in [0.1, 0.15) is 25.0 Å². The maximum absolute atomic E-state index is 12.0. The van der Waals surface area contributed by atoms with Crippen LogP contribution >= 0.6 is 11.6 Å². The van der Waals surface area contributed by atoms with E-state index in [4.69, 9.17) is 16.3 Å². The van der Waals surface area contributed by atoms with Gasteiger partial charge in [-0.05, 0) is 30.2 Å². The van der Waals surface area contributed by atoms with E-state index >= 15 is 0 Å². The van der Waals surface area contributed by atoms with Gasteiger partial charge < -0.3 is 15.4 Å². The van der Waals surface area contributed by atoms with Crippen molar-refractivity contribution in [2.24, 2.45) is 5.92 Å². The van der Waals surface area contributed by atoms with Crippen LogP contribution in [0.25, 0.3) is 0 Å². The highest BCUT2D eigenvalue weighted by atomic mass is 35.5. The molecule has 0 bridgehead atoms. The first-order chi connectivity index (χ1) is 12.1. The van der Waals surface area contributed by atoms with Gasteiger partial charge in [0.05, 0.1) is 0 Å². The van der Waals surface area contributed by atoms with E-state index in [-0.39, 0.29) is 12.5 Å². The van der Waals surface area contributed by atoms with E-state index in [0.29, 0.717) is 29.8 Å². The Kier molecular flexibility index (Phi) is 7.76. The number of amides is 1. The Morgan fingerprint density at radius 1 is 1.08 bits per heavy atom. The van der Waals surface area contributed by atoms with Crippen LogP contribution in [0.5, 0.6) is 5.75 Å². The van der Waals surface area contributed by atoms with Gasteiger partial charge in [0, 0.05) is 23.7 Å². The third kappa shape index (κ3) is 6.77. The lowest BCUT2D eigenvalue weighted by molar-refractivity contribution is -0.123. The molecule has 0 spiro atoms. The van der Waals surface area contributed by atoms with E-state index in [9.17, 15) is 4.79 Å². The van der Waals surface area contributed by atoms with Gasteiger partial charge >= 0.3 is 0 Å². The predicted octanol–water partition coefficient (Wildman–Crippen LogP) is 3.78. The minimum Gasteiger partial charge on any atom is -0.483 e. The standard InChI is InChI=1S/C20H25ClN2O2/c1-15(2)11-22-13-17-18(21)9-6-10-19(17)25-14-20(24)23-12-16-7-4-3-5-8-16/h3-10,15,22H,11-14H2,1-2H3,(H,23,24). The zero-order chi connectivity index (χ0) is 18.1. The first-order valence-electron chi connectivity index (χ1n) is 8.47. The van der Waals surface area contributed by atoms with Gasteiger partial charge in [0.15, 0.2) is 6.61 Å². The number of halogens is 1. The minimum atomic E-state index is -0.162. The molecule has 5 heteroatoms. The molecule has 0 fully saturated rings. The molecule has 1 amide bonds. The van der Waals surface area contributed by atoms with E-state index in [1.54, 1.807) is 0 Å². The molecule has 0 aromatic heterocycles. The van der Waals surface area contributed by atoms with Crippen LogP contribution in [-0.4, -0.2) is 19.1 Å². The lowest BCUT2D eigenvalue weighted by Gasteiger charge is -2.14. The van der Waals surface area contributed by atoms with Gasteiger partial charge in [-0.1, -0.05) is 61.8 Å². The van der Waals surface area contributed by atoms with Crippen molar-refractivity contribution in [3.63, 3.8) is 0 Å². The normalized spacial score (nSPS) is 10.7. The predicted molar refractivity (Wildman–Crippen MR) is 102 cm³/mol. The molecule has 0 atom stereocenters. The van der Waals surface area contributed by atoms with Gasteiger partial charge in [-0.3, -0.25) is 4.79 Å². The van der Waals surface area contributed by atoms with Crippen molar-refractivity contribution < 1.29 is 9.53 Å². The lowest BCUT2D eigenvalue weighted by atomic mass is 10.1. The van der Waals surface area contributed by atoms with Crippen molar-refractivity contribution in [1.82, 2.24) is 10.6 Å². The highest BCUT2D eigenvalue weighted by Crippen LogP contribution is 2.26. The van der Waals surface area contributed by atoms with Gasteiger partial charge in [0.2, 0.25) is 0 Å². The maximum atomic E-state index is 12.0. The molecule has 0 aliphatic carbocycles. The molecule has 25 heavy (non-hydrogen) atoms. The fourth-order valence-electron chi connectivity index (χ4n) is 2.32. The van der Waals surface area contributed by atoms with Crippen LogP contribution in [0.2, 0.25) is 5.02 Å². The second-order valence-corrected chi connectivity index (χ2v) is 6.70. The first kappa shape index (κ1) is 19.3. The summed E-state index contributed by atoms with van der Waals surface area (Å²) in [5.74, 6) is 1.03. The Morgan fingerprint density at radius 3 is 2.56 bits per heavy atom. The maximum Gasteiger partial charge on any atom is 0.258 e. The van der Waals surface area contributed by atoms with Crippen LogP contribution in [0, 0.1) is 5.92 Å². The summed E-state index contributed by atoms with van der Waals surface area (Å²) in [6, 6.07) is 15.3. The smallest absolute Gasteiger partial charge is 0.258 e. The monoisotopic (exact) mass is 360 g/mol. The molecule has 0 radical (unpaired) electrons. The molecule has 0 saturated carbocycles. The fourth-order valence-corrected chi connectivity index (χ4v) is 2.56. The van der Waals surface area contributed by atoms with Crippen LogP contribution in [0.3, 0.4) is 0 Å². The van der Waals surface area contributed by atoms with E-state index in [1.807, 2.05) is 48.5 Å². The van der Waals surface area contributed by atoms with Crippen molar-refractivity contribution >= 4 is 17.5 Å². The van der Waals surface area contributed by atoms with E-state index in [1.165, 1.54) is 0 Å². The minimum absolute atomic E-state index is 0.0373. The van der Waals surface area contributed by atoms with Gasteiger partial charge in [-0.15, -0.1) is 0 Å². The highest BCUT2D eigenvalue weighted by molar-refractivity contribution is 6.31. The van der Waals surface area contributed by atoms with E-state index < -0.39 is 0 Å². The zero-order valence-electron chi connectivity index (χ0n) is 14.7. The number of carbonyl (C=O) groups excluding carboxylic acids is 1. The zero-order valence-corrected chi connectivity index (χ0v) is 15.5. The molecule has 0 saturated heterocycles. The van der Waals surface area contributed by atoms with Crippen molar-refractivity contribution in [1.29, 1.82) is 0 Å². The van der Waals surface area contributed by atoms with Crippen LogP contribution in [0.15, 0.2) is 48.5 Å². The molecule has 134 valence electrons. The molecule has 0 aliphatic rings. The Balaban J connectivity index is 1.86. The Hall–Kier alpha value is -2.04. The SMILES string of the molecule is CC(C)CNCc1c(Cl)cccc1OCC(=O)NCc1ccccc1. The number of ether oxygens (including phenoxy) is 1. The Labute approximate surface area is 154 Å². The second kappa shape index (κ2) is 10.1. The van der Waals surface area contributed by atoms with Gasteiger partial charge in [-0.25, -0.2) is 0 Å². The van der Waals surface area contributed by atoms with Crippen LogP contribution < -0.4 is 15.4 Å². The van der Waals surface area contributed by atoms with Crippen molar-refractivity contribution in [3.05, 3.63) is 64.7 Å². The van der Waals surface area contributed by atoms with Gasteiger partial charge in [-0.2, -0.15) is 0 Å². The summed E-state index contributed by atoms with van der Waals surface area (Å²) in [5, 5.41) is 6.84. The summed E-state index contributed by atoms with van der Waals surface area (Å²) in [5.41, 5.74) is 1.93. The number of carbonyl (C=O) groups is 1. The quantitative estimate of drug-likeness (QED) is 0.715. The van der Waals surface area contributed by atoms with Crippen LogP contribution in [-0.2, 0) is 17.9 Å². The molecule has 4 nitrogen and oxygen atoms in total. The Morgan fingerprint density at radius 2 is 1.84 bits per heavy atom. The van der Waals surface area contributed by atoms with Crippen molar-refractivity contribution in [2.75, 3.05) is 13.2 Å². The Bertz CT molecular complexity index is 675. The molecular formula is C20H25ClN2O2. The van der Waals surface area contributed by atoms with Crippen molar-refractivity contribution in [3.8, 4) is 5.75 Å². The van der Waals surface area contributed by atoms with Crippen molar-refractivity contribution in [2.45, 2.75) is 26.9 Å². The fraction of sp³-hybridized carbons (Fsp3) is 0.350. The average Bonchev–Trinajstić information content (AvgIpc) is 2.60. The number of benzene rings is 2. The summed E-state index contributed by atoms with van der Waals surface area (Å²) < 4.78 is 5.69. The molecule has 2 N–H and O–H groups in total. The first-order valence-corrected chi connectivity index (χ1v) is 8.85. The largest absolute Gasteiger partial charge is 0.483 e. The molecule has 2 rings (SSSR count). The van der Waals surface area contributed by atoms with E-state index in [2.05, 4.69) is 24.5 Å². The van der Waals surface area contributed by atoms with Gasteiger partial charge in [0.1, 0.15) is 5.75 Å². The summed E-state index contributed by atoms with van der Waals surface area (Å²) in [6.45, 7) is 6.24.